The van der Waals surface area contributed by atoms with Gasteiger partial charge in [-0.3, -0.25) is 9.69 Å². The number of carbonyl (C=O) groups is 1. The number of rotatable bonds is 4. The Hall–Kier alpha value is -2.44. The molecule has 2 aliphatic rings. The van der Waals surface area contributed by atoms with Gasteiger partial charge in [-0.05, 0) is 42.3 Å². The first kappa shape index (κ1) is 18.9. The van der Waals surface area contributed by atoms with E-state index >= 15 is 0 Å². The lowest BCUT2D eigenvalue weighted by Crippen LogP contribution is -2.56. The molecule has 2 aromatic carbocycles. The number of carbonyl (C=O) groups excluding carboxylic acids is 1. The van der Waals surface area contributed by atoms with E-state index in [0.717, 1.165) is 26.1 Å². The molecule has 148 valence electrons. The average molecular weight is 383 g/mol. The van der Waals surface area contributed by atoms with E-state index in [-0.39, 0.29) is 23.9 Å². The molecule has 0 saturated carbocycles. The van der Waals surface area contributed by atoms with Crippen molar-refractivity contribution in [2.24, 2.45) is 0 Å². The van der Waals surface area contributed by atoms with Crippen LogP contribution in [0, 0.1) is 5.82 Å². The molecule has 1 spiro atoms. The molecule has 2 aromatic rings. The monoisotopic (exact) mass is 383 g/mol. The largest absolute Gasteiger partial charge is 0.378 e. The van der Waals surface area contributed by atoms with Crippen molar-refractivity contribution >= 4 is 17.3 Å². The van der Waals surface area contributed by atoms with Crippen molar-refractivity contribution in [3.8, 4) is 0 Å². The van der Waals surface area contributed by atoms with E-state index in [1.807, 2.05) is 14.1 Å². The highest BCUT2D eigenvalue weighted by atomic mass is 19.1. The third-order valence-corrected chi connectivity index (χ3v) is 5.62. The van der Waals surface area contributed by atoms with Crippen LogP contribution in [0.5, 0.6) is 0 Å². The number of likely N-dealkylation sites (tertiary alicyclic amines) is 1. The summed E-state index contributed by atoms with van der Waals surface area (Å²) in [5.41, 5.74) is 2.66. The van der Waals surface area contributed by atoms with Gasteiger partial charge in [0, 0.05) is 45.1 Å². The van der Waals surface area contributed by atoms with Gasteiger partial charge in [0.2, 0.25) is 0 Å². The molecular weight excluding hydrogens is 357 g/mol. The van der Waals surface area contributed by atoms with Crippen LogP contribution in [0.1, 0.15) is 12.0 Å². The van der Waals surface area contributed by atoms with Crippen LogP contribution in [0.25, 0.3) is 0 Å². The second-order valence-corrected chi connectivity index (χ2v) is 7.95. The number of amides is 1. The third kappa shape index (κ3) is 3.88. The third-order valence-electron chi connectivity index (χ3n) is 5.62. The first-order chi connectivity index (χ1) is 13.4. The molecular formula is C22H26FN3O2. The molecule has 1 unspecified atom stereocenters. The van der Waals surface area contributed by atoms with Gasteiger partial charge < -0.3 is 14.5 Å². The van der Waals surface area contributed by atoms with Gasteiger partial charge in [0.15, 0.2) is 0 Å². The molecule has 2 aliphatic heterocycles. The molecule has 6 heteroatoms. The summed E-state index contributed by atoms with van der Waals surface area (Å²) in [5, 5.41) is 0. The fraction of sp³-hybridized carbons (Fsp3) is 0.409. The van der Waals surface area contributed by atoms with E-state index in [1.165, 1.54) is 23.4 Å². The fourth-order valence-electron chi connectivity index (χ4n) is 4.06. The minimum absolute atomic E-state index is 0.0435. The molecule has 0 N–H and O–H groups in total. The van der Waals surface area contributed by atoms with Crippen LogP contribution in [-0.4, -0.2) is 56.7 Å². The fourth-order valence-corrected chi connectivity index (χ4v) is 4.06. The van der Waals surface area contributed by atoms with E-state index in [1.54, 1.807) is 17.0 Å². The molecule has 5 nitrogen and oxygen atoms in total. The molecule has 1 atom stereocenters. The highest BCUT2D eigenvalue weighted by Crippen LogP contribution is 2.33. The molecule has 0 aromatic heterocycles. The van der Waals surface area contributed by atoms with Crippen molar-refractivity contribution in [1.29, 1.82) is 0 Å². The van der Waals surface area contributed by atoms with Crippen molar-refractivity contribution in [3.05, 3.63) is 59.9 Å². The lowest BCUT2D eigenvalue weighted by molar-refractivity contribution is -0.137. The van der Waals surface area contributed by atoms with Gasteiger partial charge in [-0.25, -0.2) is 4.39 Å². The Labute approximate surface area is 165 Å². The zero-order valence-corrected chi connectivity index (χ0v) is 16.4. The van der Waals surface area contributed by atoms with E-state index in [2.05, 4.69) is 34.1 Å². The second-order valence-electron chi connectivity index (χ2n) is 7.95. The van der Waals surface area contributed by atoms with Crippen LogP contribution >= 0.6 is 0 Å². The number of morpholine rings is 1. The predicted octanol–water partition coefficient (Wildman–Crippen LogP) is 2.90. The number of hydrogen-bond donors (Lipinski definition) is 0. The second kappa shape index (κ2) is 7.53. The molecule has 0 bridgehead atoms. The number of ether oxygens (including phenoxy) is 1. The molecule has 2 fully saturated rings. The number of benzene rings is 2. The number of halogens is 1. The van der Waals surface area contributed by atoms with Gasteiger partial charge in [-0.2, -0.15) is 0 Å². The number of nitrogens with zero attached hydrogens (tertiary/aromatic N) is 3. The summed E-state index contributed by atoms with van der Waals surface area (Å²) in [6.45, 7) is 3.04. The Kier molecular flexibility index (Phi) is 5.08. The van der Waals surface area contributed by atoms with E-state index < -0.39 is 0 Å². The SMILES string of the molecule is CN(C)c1ccc(CN2CCC3(C2)CN(c2cccc(F)c2)C(=O)CO3)cc1. The maximum Gasteiger partial charge on any atom is 0.253 e. The molecule has 0 radical (unpaired) electrons. The Bertz CT molecular complexity index is 855. The van der Waals surface area contributed by atoms with Crippen LogP contribution in [0.2, 0.25) is 0 Å². The summed E-state index contributed by atoms with van der Waals surface area (Å²) in [4.78, 5) is 18.5. The van der Waals surface area contributed by atoms with E-state index in [4.69, 9.17) is 4.74 Å². The van der Waals surface area contributed by atoms with Crippen molar-refractivity contribution in [1.82, 2.24) is 4.90 Å². The van der Waals surface area contributed by atoms with Crippen molar-refractivity contribution in [2.75, 3.05) is 50.1 Å². The van der Waals surface area contributed by atoms with Crippen LogP contribution in [0.4, 0.5) is 15.8 Å². The molecule has 4 rings (SSSR count). The minimum Gasteiger partial charge on any atom is -0.378 e. The Morgan fingerprint density at radius 1 is 1.14 bits per heavy atom. The van der Waals surface area contributed by atoms with Crippen LogP contribution in [-0.2, 0) is 16.1 Å². The van der Waals surface area contributed by atoms with Gasteiger partial charge in [0.25, 0.3) is 5.91 Å². The Morgan fingerprint density at radius 3 is 2.64 bits per heavy atom. The Morgan fingerprint density at radius 2 is 1.93 bits per heavy atom. The van der Waals surface area contributed by atoms with Crippen molar-refractivity contribution < 1.29 is 13.9 Å². The lowest BCUT2D eigenvalue weighted by atomic mass is 10.00. The molecule has 2 heterocycles. The van der Waals surface area contributed by atoms with Gasteiger partial charge in [0.05, 0.1) is 6.54 Å². The van der Waals surface area contributed by atoms with Gasteiger partial charge in [0.1, 0.15) is 18.0 Å². The van der Waals surface area contributed by atoms with Crippen molar-refractivity contribution in [3.63, 3.8) is 0 Å². The van der Waals surface area contributed by atoms with E-state index in [0.29, 0.717) is 12.2 Å². The molecule has 0 aliphatic carbocycles. The van der Waals surface area contributed by atoms with Crippen LogP contribution in [0.3, 0.4) is 0 Å². The zero-order valence-electron chi connectivity index (χ0n) is 16.4. The smallest absolute Gasteiger partial charge is 0.253 e. The van der Waals surface area contributed by atoms with Gasteiger partial charge >= 0.3 is 0 Å². The molecule has 2 saturated heterocycles. The predicted molar refractivity (Wildman–Crippen MR) is 108 cm³/mol. The summed E-state index contributed by atoms with van der Waals surface area (Å²) in [5.74, 6) is -0.450. The van der Waals surface area contributed by atoms with Gasteiger partial charge in [-0.1, -0.05) is 18.2 Å². The van der Waals surface area contributed by atoms with Crippen molar-refractivity contribution in [2.45, 2.75) is 18.6 Å². The first-order valence-electron chi connectivity index (χ1n) is 9.63. The zero-order chi connectivity index (χ0) is 19.7. The standard InChI is InChI=1S/C22H26FN3O2/c1-24(2)19-8-6-17(7-9-19)13-25-11-10-22(15-25)16-26(21(27)14-28-22)20-5-3-4-18(23)12-20/h3-9,12H,10-11,13-16H2,1-2H3. The van der Waals surface area contributed by atoms with E-state index in [9.17, 15) is 9.18 Å². The van der Waals surface area contributed by atoms with Crippen LogP contribution < -0.4 is 9.80 Å². The number of hydrogen-bond acceptors (Lipinski definition) is 4. The summed E-state index contributed by atoms with van der Waals surface area (Å²) in [6, 6.07) is 14.8. The topological polar surface area (TPSA) is 36.0 Å². The summed E-state index contributed by atoms with van der Waals surface area (Å²) < 4.78 is 19.6. The average Bonchev–Trinajstić information content (AvgIpc) is 3.06. The first-order valence-corrected chi connectivity index (χ1v) is 9.63. The summed E-state index contributed by atoms with van der Waals surface area (Å²) in [7, 11) is 4.07. The quantitative estimate of drug-likeness (QED) is 0.814. The maximum atomic E-state index is 13.6. The van der Waals surface area contributed by atoms with Gasteiger partial charge in [-0.15, -0.1) is 0 Å². The molecule has 1 amide bonds. The summed E-state index contributed by atoms with van der Waals surface area (Å²) in [6.07, 6.45) is 0.863. The van der Waals surface area contributed by atoms with Crippen LogP contribution in [0.15, 0.2) is 48.5 Å². The lowest BCUT2D eigenvalue weighted by Gasteiger charge is -2.40. The highest BCUT2D eigenvalue weighted by Gasteiger charge is 2.45. The summed E-state index contributed by atoms with van der Waals surface area (Å²) >= 11 is 0. The molecule has 28 heavy (non-hydrogen) atoms. The minimum atomic E-state index is -0.385. The number of anilines is 2. The maximum absolute atomic E-state index is 13.6. The normalized spacial score (nSPS) is 22.8. The highest BCUT2D eigenvalue weighted by molar-refractivity contribution is 5.95. The Balaban J connectivity index is 1.44.